The van der Waals surface area contributed by atoms with Crippen LogP contribution in [0.3, 0.4) is 0 Å². The zero-order chi connectivity index (χ0) is 22.3. The highest BCUT2D eigenvalue weighted by Gasteiger charge is 2.31. The third kappa shape index (κ3) is 6.44. The van der Waals surface area contributed by atoms with Crippen LogP contribution in [0.15, 0.2) is 36.5 Å². The van der Waals surface area contributed by atoms with E-state index in [0.717, 1.165) is 49.4 Å². The van der Waals surface area contributed by atoms with E-state index in [9.17, 15) is 4.79 Å². The zero-order valence-electron chi connectivity index (χ0n) is 19.1. The molecule has 4 nitrogen and oxygen atoms in total. The van der Waals surface area contributed by atoms with Gasteiger partial charge in [0.2, 0.25) is 0 Å². The predicted molar refractivity (Wildman–Crippen MR) is 130 cm³/mol. The number of rotatable bonds is 11. The second-order valence-electron chi connectivity index (χ2n) is 9.05. The summed E-state index contributed by atoms with van der Waals surface area (Å²) in [6.45, 7) is 9.02. The molecular weight excluding hydrogens is 404 g/mol. The first-order valence-corrected chi connectivity index (χ1v) is 12.2. The standard InChI is InChI=1S/C26H36N2O2S/c1-4-24-22-18-26(2,3)13-12-21(22)25(31-24)23(29)11-8-19-6-9-20(10-7-19)30-17-16-28-15-5-14-27/h5-7,9-10,14,28H,4,8,11-13,15-18,27H2,1-3H3. The van der Waals surface area contributed by atoms with Gasteiger partial charge in [0.25, 0.3) is 0 Å². The summed E-state index contributed by atoms with van der Waals surface area (Å²) in [4.78, 5) is 15.5. The number of nitrogens with one attached hydrogen (secondary N) is 1. The lowest BCUT2D eigenvalue weighted by atomic mass is 9.74. The number of Topliss-reactive ketones (excluding diaryl/α,β-unsaturated/α-hetero) is 1. The lowest BCUT2D eigenvalue weighted by molar-refractivity contribution is 0.0985. The Hall–Kier alpha value is -2.11. The number of carbonyl (C=O) groups excluding carboxylic acids is 1. The maximum Gasteiger partial charge on any atom is 0.173 e. The summed E-state index contributed by atoms with van der Waals surface area (Å²) >= 11 is 1.75. The van der Waals surface area contributed by atoms with E-state index in [1.165, 1.54) is 34.2 Å². The fraction of sp³-hybridized carbons (Fsp3) is 0.500. The summed E-state index contributed by atoms with van der Waals surface area (Å²) in [5.74, 6) is 1.16. The van der Waals surface area contributed by atoms with Crippen LogP contribution in [0.25, 0.3) is 0 Å². The van der Waals surface area contributed by atoms with Crippen LogP contribution in [0.5, 0.6) is 5.75 Å². The molecule has 0 saturated heterocycles. The Bertz CT molecular complexity index is 897. The summed E-state index contributed by atoms with van der Waals surface area (Å²) in [5, 5.41) is 3.22. The number of ether oxygens (including phenoxy) is 1. The van der Waals surface area contributed by atoms with Gasteiger partial charge in [-0.25, -0.2) is 0 Å². The number of thiophene rings is 1. The molecule has 0 unspecified atom stereocenters. The highest BCUT2D eigenvalue weighted by molar-refractivity contribution is 7.14. The summed E-state index contributed by atoms with van der Waals surface area (Å²) in [6, 6.07) is 8.11. The summed E-state index contributed by atoms with van der Waals surface area (Å²) < 4.78 is 5.75. The first-order valence-electron chi connectivity index (χ1n) is 11.4. The van der Waals surface area contributed by atoms with Crippen LogP contribution in [0.2, 0.25) is 0 Å². The highest BCUT2D eigenvalue weighted by atomic mass is 32.1. The normalized spacial score (nSPS) is 15.2. The number of aryl methyl sites for hydroxylation is 2. The number of benzene rings is 1. The maximum atomic E-state index is 13.1. The highest BCUT2D eigenvalue weighted by Crippen LogP contribution is 2.42. The number of nitrogens with two attached hydrogens (primary N) is 1. The smallest absolute Gasteiger partial charge is 0.173 e. The van der Waals surface area contributed by atoms with E-state index in [0.29, 0.717) is 24.2 Å². The van der Waals surface area contributed by atoms with E-state index < -0.39 is 0 Å². The van der Waals surface area contributed by atoms with Crippen LogP contribution in [0.4, 0.5) is 0 Å². The van der Waals surface area contributed by atoms with Gasteiger partial charge in [-0.3, -0.25) is 4.79 Å². The lowest BCUT2D eigenvalue weighted by Gasteiger charge is -2.30. The lowest BCUT2D eigenvalue weighted by Crippen LogP contribution is -2.22. The molecule has 0 spiro atoms. The molecule has 0 radical (unpaired) electrons. The molecule has 0 atom stereocenters. The van der Waals surface area contributed by atoms with Crippen LogP contribution in [-0.2, 0) is 25.7 Å². The Labute approximate surface area is 190 Å². The molecule has 1 aliphatic rings. The first kappa shape index (κ1) is 23.6. The Morgan fingerprint density at radius 2 is 2.03 bits per heavy atom. The molecule has 0 amide bonds. The van der Waals surface area contributed by atoms with E-state index in [-0.39, 0.29) is 0 Å². The number of fused-ring (bicyclic) bond motifs is 1. The van der Waals surface area contributed by atoms with Crippen LogP contribution in [0, 0.1) is 5.41 Å². The molecule has 168 valence electrons. The van der Waals surface area contributed by atoms with E-state index in [2.05, 4.69) is 38.2 Å². The van der Waals surface area contributed by atoms with Gasteiger partial charge in [-0.2, -0.15) is 0 Å². The molecule has 31 heavy (non-hydrogen) atoms. The van der Waals surface area contributed by atoms with Crippen molar-refractivity contribution in [3.63, 3.8) is 0 Å². The monoisotopic (exact) mass is 440 g/mol. The number of hydrogen-bond donors (Lipinski definition) is 2. The summed E-state index contributed by atoms with van der Waals surface area (Å²) in [5.41, 5.74) is 9.65. The molecule has 3 rings (SSSR count). The van der Waals surface area contributed by atoms with Gasteiger partial charge in [-0.1, -0.05) is 39.0 Å². The first-order chi connectivity index (χ1) is 14.9. The Balaban J connectivity index is 1.53. The quantitative estimate of drug-likeness (QED) is 0.378. The topological polar surface area (TPSA) is 64.3 Å². The largest absolute Gasteiger partial charge is 0.492 e. The van der Waals surface area contributed by atoms with Crippen molar-refractivity contribution in [2.75, 3.05) is 19.7 Å². The molecule has 1 aromatic carbocycles. The summed E-state index contributed by atoms with van der Waals surface area (Å²) in [7, 11) is 0. The third-order valence-corrected chi connectivity index (χ3v) is 7.45. The SMILES string of the molecule is CCc1sc(C(=O)CCc2ccc(OCCNCC=CN)cc2)c2c1CC(C)(C)CC2. The number of ketones is 1. The van der Waals surface area contributed by atoms with Crippen molar-refractivity contribution in [1.82, 2.24) is 5.32 Å². The van der Waals surface area contributed by atoms with Gasteiger partial charge in [0.1, 0.15) is 12.4 Å². The van der Waals surface area contributed by atoms with Gasteiger partial charge >= 0.3 is 0 Å². The molecule has 2 aromatic rings. The van der Waals surface area contributed by atoms with Crippen LogP contribution < -0.4 is 15.8 Å². The molecule has 1 aromatic heterocycles. The molecule has 1 aliphatic carbocycles. The van der Waals surface area contributed by atoms with Crippen molar-refractivity contribution in [1.29, 1.82) is 0 Å². The van der Waals surface area contributed by atoms with Crippen molar-refractivity contribution in [3.05, 3.63) is 63.0 Å². The molecule has 0 bridgehead atoms. The van der Waals surface area contributed by atoms with Crippen molar-refractivity contribution in [2.45, 2.75) is 59.3 Å². The van der Waals surface area contributed by atoms with E-state index in [1.54, 1.807) is 11.3 Å². The average molecular weight is 441 g/mol. The van der Waals surface area contributed by atoms with Gasteiger partial charge in [0.05, 0.1) is 4.88 Å². The zero-order valence-corrected chi connectivity index (χ0v) is 19.9. The fourth-order valence-electron chi connectivity index (χ4n) is 4.18. The molecule has 5 heteroatoms. The minimum atomic E-state index is 0.304. The second kappa shape index (κ2) is 11.0. The van der Waals surface area contributed by atoms with Crippen molar-refractivity contribution in [3.8, 4) is 5.75 Å². The fourth-order valence-corrected chi connectivity index (χ4v) is 5.45. The van der Waals surface area contributed by atoms with E-state index in [4.69, 9.17) is 10.5 Å². The summed E-state index contributed by atoms with van der Waals surface area (Å²) in [6.07, 6.45) is 9.08. The Morgan fingerprint density at radius 3 is 2.74 bits per heavy atom. The third-order valence-electron chi connectivity index (χ3n) is 5.99. The minimum absolute atomic E-state index is 0.304. The average Bonchev–Trinajstić information content (AvgIpc) is 3.12. The van der Waals surface area contributed by atoms with Crippen molar-refractivity contribution >= 4 is 17.1 Å². The van der Waals surface area contributed by atoms with Crippen LogP contribution in [0.1, 0.15) is 64.9 Å². The van der Waals surface area contributed by atoms with Crippen molar-refractivity contribution < 1.29 is 9.53 Å². The van der Waals surface area contributed by atoms with Gasteiger partial charge < -0.3 is 15.8 Å². The van der Waals surface area contributed by atoms with E-state index >= 15 is 0 Å². The number of carbonyl (C=O) groups is 1. The minimum Gasteiger partial charge on any atom is -0.492 e. The van der Waals surface area contributed by atoms with Gasteiger partial charge in [0, 0.05) is 24.4 Å². The molecule has 1 heterocycles. The van der Waals surface area contributed by atoms with Crippen LogP contribution >= 0.6 is 11.3 Å². The van der Waals surface area contributed by atoms with Gasteiger partial charge in [0.15, 0.2) is 5.78 Å². The van der Waals surface area contributed by atoms with Crippen LogP contribution in [-0.4, -0.2) is 25.5 Å². The molecule has 3 N–H and O–H groups in total. The molecule has 0 aliphatic heterocycles. The maximum absolute atomic E-state index is 13.1. The second-order valence-corrected chi connectivity index (χ2v) is 10.2. The van der Waals surface area contributed by atoms with Gasteiger partial charge in [-0.15, -0.1) is 11.3 Å². The van der Waals surface area contributed by atoms with E-state index in [1.807, 2.05) is 18.2 Å². The molecular formula is C26H36N2O2S. The Morgan fingerprint density at radius 1 is 1.26 bits per heavy atom. The number of hydrogen-bond acceptors (Lipinski definition) is 5. The molecule has 0 fully saturated rings. The predicted octanol–water partition coefficient (Wildman–Crippen LogP) is 5.08. The van der Waals surface area contributed by atoms with Crippen molar-refractivity contribution in [2.24, 2.45) is 11.1 Å². The van der Waals surface area contributed by atoms with Gasteiger partial charge in [-0.05, 0) is 72.5 Å². The Kier molecular flexibility index (Phi) is 8.33. The molecule has 0 saturated carbocycles.